The maximum absolute atomic E-state index is 11.9. The summed E-state index contributed by atoms with van der Waals surface area (Å²) >= 11 is 1.42. The van der Waals surface area contributed by atoms with Gasteiger partial charge in [-0.3, -0.25) is 4.79 Å². The van der Waals surface area contributed by atoms with Gasteiger partial charge in [-0.25, -0.2) is 0 Å². The molecule has 0 aliphatic carbocycles. The Morgan fingerprint density at radius 3 is 2.75 bits per heavy atom. The molecule has 0 saturated heterocycles. The third-order valence-corrected chi connectivity index (χ3v) is 3.28. The van der Waals surface area contributed by atoms with Crippen LogP contribution in [0.3, 0.4) is 0 Å². The number of hydrogen-bond donors (Lipinski definition) is 2. The standard InChI is InChI=1S/C9H11N5OS/c1-2-5-3-4-6(16-5)7(15)14-9(11)12-8(10)13-14/h3-4H,2H2,1H3,(H4,10,11,12,13). The van der Waals surface area contributed by atoms with Gasteiger partial charge in [0.1, 0.15) is 0 Å². The molecule has 84 valence electrons. The summed E-state index contributed by atoms with van der Waals surface area (Å²) in [5.74, 6) is -0.293. The molecule has 0 amide bonds. The van der Waals surface area contributed by atoms with Crippen LogP contribution in [0.25, 0.3) is 0 Å². The number of thiophene rings is 1. The molecule has 0 aromatic carbocycles. The molecule has 7 heteroatoms. The zero-order chi connectivity index (χ0) is 11.7. The zero-order valence-electron chi connectivity index (χ0n) is 8.67. The summed E-state index contributed by atoms with van der Waals surface area (Å²) in [5.41, 5.74) is 10.9. The van der Waals surface area contributed by atoms with Crippen LogP contribution in [-0.4, -0.2) is 20.7 Å². The summed E-state index contributed by atoms with van der Waals surface area (Å²) in [6.07, 6.45) is 0.896. The molecule has 0 bridgehead atoms. The van der Waals surface area contributed by atoms with E-state index in [2.05, 4.69) is 10.1 Å². The molecule has 0 saturated carbocycles. The van der Waals surface area contributed by atoms with Crippen LogP contribution in [0, 0.1) is 0 Å². The van der Waals surface area contributed by atoms with Gasteiger partial charge in [0.25, 0.3) is 5.91 Å². The molecule has 2 aromatic heterocycles. The van der Waals surface area contributed by atoms with E-state index >= 15 is 0 Å². The number of carbonyl (C=O) groups is 1. The summed E-state index contributed by atoms with van der Waals surface area (Å²) in [6, 6.07) is 3.66. The van der Waals surface area contributed by atoms with E-state index in [1.54, 1.807) is 6.07 Å². The molecule has 2 rings (SSSR count). The monoisotopic (exact) mass is 237 g/mol. The van der Waals surface area contributed by atoms with Crippen molar-refractivity contribution in [3.8, 4) is 0 Å². The first kappa shape index (κ1) is 10.6. The number of hydrogen-bond acceptors (Lipinski definition) is 6. The van der Waals surface area contributed by atoms with Crippen molar-refractivity contribution >= 4 is 29.1 Å². The smallest absolute Gasteiger partial charge is 0.291 e. The van der Waals surface area contributed by atoms with Crippen molar-refractivity contribution in [2.75, 3.05) is 11.5 Å². The predicted molar refractivity (Wildman–Crippen MR) is 62.3 cm³/mol. The van der Waals surface area contributed by atoms with Crippen LogP contribution in [0.4, 0.5) is 11.9 Å². The van der Waals surface area contributed by atoms with Gasteiger partial charge in [-0.05, 0) is 18.6 Å². The van der Waals surface area contributed by atoms with Gasteiger partial charge in [0.05, 0.1) is 4.88 Å². The minimum Gasteiger partial charge on any atom is -0.368 e. The normalized spacial score (nSPS) is 10.6. The Labute approximate surface area is 95.9 Å². The fourth-order valence-electron chi connectivity index (χ4n) is 1.28. The number of carbonyl (C=O) groups excluding carboxylic acids is 1. The molecule has 0 aliphatic rings. The van der Waals surface area contributed by atoms with Gasteiger partial charge in [0, 0.05) is 4.88 Å². The molecule has 0 aliphatic heterocycles. The quantitative estimate of drug-likeness (QED) is 0.803. The van der Waals surface area contributed by atoms with Crippen LogP contribution in [0.1, 0.15) is 21.5 Å². The van der Waals surface area contributed by atoms with Gasteiger partial charge in [-0.1, -0.05) is 6.92 Å². The maximum Gasteiger partial charge on any atom is 0.291 e. The van der Waals surface area contributed by atoms with E-state index in [0.29, 0.717) is 4.88 Å². The van der Waals surface area contributed by atoms with Crippen molar-refractivity contribution in [3.05, 3.63) is 21.9 Å². The average molecular weight is 237 g/mol. The highest BCUT2D eigenvalue weighted by atomic mass is 32.1. The van der Waals surface area contributed by atoms with E-state index in [4.69, 9.17) is 11.5 Å². The Morgan fingerprint density at radius 1 is 1.50 bits per heavy atom. The molecule has 16 heavy (non-hydrogen) atoms. The number of nitrogens with two attached hydrogens (primary N) is 2. The van der Waals surface area contributed by atoms with Crippen molar-refractivity contribution in [1.82, 2.24) is 14.8 Å². The number of aromatic nitrogens is 3. The van der Waals surface area contributed by atoms with Gasteiger partial charge in [0.15, 0.2) is 0 Å². The van der Waals surface area contributed by atoms with Crippen LogP contribution >= 0.6 is 11.3 Å². The summed E-state index contributed by atoms with van der Waals surface area (Å²) in [6.45, 7) is 2.03. The fourth-order valence-corrected chi connectivity index (χ4v) is 2.15. The van der Waals surface area contributed by atoms with Crippen molar-refractivity contribution in [2.45, 2.75) is 13.3 Å². The van der Waals surface area contributed by atoms with Crippen molar-refractivity contribution in [2.24, 2.45) is 0 Å². The zero-order valence-corrected chi connectivity index (χ0v) is 9.49. The highest BCUT2D eigenvalue weighted by Gasteiger charge is 2.16. The second-order valence-corrected chi connectivity index (χ2v) is 4.33. The maximum atomic E-state index is 11.9. The van der Waals surface area contributed by atoms with Crippen LogP contribution in [0.2, 0.25) is 0 Å². The Hall–Kier alpha value is -1.89. The first-order valence-electron chi connectivity index (χ1n) is 4.73. The molecule has 0 atom stereocenters. The van der Waals surface area contributed by atoms with Gasteiger partial charge in [-0.15, -0.1) is 16.4 Å². The third-order valence-electron chi connectivity index (χ3n) is 2.06. The number of rotatable bonds is 2. The molecular formula is C9H11N5OS. The number of nitrogens with zero attached hydrogens (tertiary/aromatic N) is 3. The average Bonchev–Trinajstić information content (AvgIpc) is 2.84. The summed E-state index contributed by atoms with van der Waals surface area (Å²) in [4.78, 5) is 17.3. The highest BCUT2D eigenvalue weighted by Crippen LogP contribution is 2.18. The van der Waals surface area contributed by atoms with Crippen molar-refractivity contribution < 1.29 is 4.79 Å². The largest absolute Gasteiger partial charge is 0.368 e. The van der Waals surface area contributed by atoms with Crippen LogP contribution in [0.15, 0.2) is 12.1 Å². The van der Waals surface area contributed by atoms with E-state index in [-0.39, 0.29) is 17.8 Å². The molecule has 0 unspecified atom stereocenters. The lowest BCUT2D eigenvalue weighted by Crippen LogP contribution is -2.15. The molecule has 4 N–H and O–H groups in total. The predicted octanol–water partition coefficient (Wildman–Crippen LogP) is 0.755. The molecule has 2 heterocycles. The Bertz CT molecular complexity index is 530. The second-order valence-electron chi connectivity index (χ2n) is 3.16. The molecule has 0 radical (unpaired) electrons. The molecule has 6 nitrogen and oxygen atoms in total. The van der Waals surface area contributed by atoms with Crippen LogP contribution < -0.4 is 11.5 Å². The van der Waals surface area contributed by atoms with Crippen molar-refractivity contribution in [3.63, 3.8) is 0 Å². The molecular weight excluding hydrogens is 226 g/mol. The Balaban J connectivity index is 2.35. The van der Waals surface area contributed by atoms with Crippen molar-refractivity contribution in [1.29, 1.82) is 0 Å². The highest BCUT2D eigenvalue weighted by molar-refractivity contribution is 7.14. The van der Waals surface area contributed by atoms with Gasteiger partial charge in [0.2, 0.25) is 11.9 Å². The lowest BCUT2D eigenvalue weighted by molar-refractivity contribution is 0.0952. The summed E-state index contributed by atoms with van der Waals surface area (Å²) in [7, 11) is 0. The number of nitrogen functional groups attached to an aromatic ring is 2. The van der Waals surface area contributed by atoms with E-state index in [1.165, 1.54) is 11.3 Å². The summed E-state index contributed by atoms with van der Waals surface area (Å²) < 4.78 is 1.01. The summed E-state index contributed by atoms with van der Waals surface area (Å²) in [5, 5.41) is 3.74. The van der Waals surface area contributed by atoms with Crippen LogP contribution in [-0.2, 0) is 6.42 Å². The minimum atomic E-state index is -0.300. The van der Waals surface area contributed by atoms with E-state index < -0.39 is 0 Å². The Kier molecular flexibility index (Phi) is 2.61. The van der Waals surface area contributed by atoms with Gasteiger partial charge < -0.3 is 11.5 Å². The minimum absolute atomic E-state index is 0.00174. The fraction of sp³-hybridized carbons (Fsp3) is 0.222. The topological polar surface area (TPSA) is 99.8 Å². The number of anilines is 2. The van der Waals surface area contributed by atoms with E-state index in [9.17, 15) is 4.79 Å². The van der Waals surface area contributed by atoms with Gasteiger partial charge in [-0.2, -0.15) is 9.67 Å². The van der Waals surface area contributed by atoms with Crippen LogP contribution in [0.5, 0.6) is 0 Å². The third kappa shape index (κ3) is 1.76. The lowest BCUT2D eigenvalue weighted by atomic mass is 10.3. The second kappa shape index (κ2) is 3.93. The van der Waals surface area contributed by atoms with E-state index in [1.807, 2.05) is 13.0 Å². The first-order valence-corrected chi connectivity index (χ1v) is 5.55. The SMILES string of the molecule is CCc1ccc(C(=O)n2nc(N)nc2N)s1. The molecule has 2 aromatic rings. The van der Waals surface area contributed by atoms with E-state index in [0.717, 1.165) is 16.0 Å². The lowest BCUT2D eigenvalue weighted by Gasteiger charge is -1.97. The number of aryl methyl sites for hydroxylation is 1. The van der Waals surface area contributed by atoms with Gasteiger partial charge >= 0.3 is 0 Å². The first-order chi connectivity index (χ1) is 7.61. The Morgan fingerprint density at radius 2 is 2.25 bits per heavy atom. The molecule has 0 spiro atoms. The molecule has 0 fully saturated rings.